The smallest absolute Gasteiger partial charge is 0.326 e. The predicted octanol–water partition coefficient (Wildman–Crippen LogP) is 0.335. The summed E-state index contributed by atoms with van der Waals surface area (Å²) in [6.45, 7) is 1.96. The average Bonchev–Trinajstić information content (AvgIpc) is 2.82. The van der Waals surface area contributed by atoms with E-state index in [-0.39, 0.29) is 18.8 Å². The largest absolute Gasteiger partial charge is 0.481 e. The van der Waals surface area contributed by atoms with Crippen LogP contribution in [0.5, 0.6) is 0 Å². The van der Waals surface area contributed by atoms with Gasteiger partial charge < -0.3 is 10.2 Å². The van der Waals surface area contributed by atoms with Crippen LogP contribution in [0.4, 0.5) is 0 Å². The Balaban J connectivity index is 2.18. The number of aliphatic carboxylic acids is 2. The van der Waals surface area contributed by atoms with E-state index in [2.05, 4.69) is 0 Å². The number of carboxylic acid groups (broad SMARTS) is 2. The standard InChI is InChI=1S/C13H17NO6/c1-6-4-7-8(5-6)12(18)14(11(7)17)9(13(19)20)2-3-10(15)16/h6-9H,2-5H2,1H3,(H,15,16)(H,19,20). The summed E-state index contributed by atoms with van der Waals surface area (Å²) in [5.41, 5.74) is 0. The van der Waals surface area contributed by atoms with Crippen molar-refractivity contribution in [3.63, 3.8) is 0 Å². The quantitative estimate of drug-likeness (QED) is 0.703. The zero-order valence-electron chi connectivity index (χ0n) is 11.1. The molecule has 1 saturated carbocycles. The van der Waals surface area contributed by atoms with Gasteiger partial charge in [0.25, 0.3) is 0 Å². The first kappa shape index (κ1) is 14.5. The van der Waals surface area contributed by atoms with Gasteiger partial charge in [-0.1, -0.05) is 6.92 Å². The minimum atomic E-state index is -1.37. The van der Waals surface area contributed by atoms with Crippen LogP contribution in [0.15, 0.2) is 0 Å². The van der Waals surface area contributed by atoms with Gasteiger partial charge >= 0.3 is 11.9 Å². The summed E-state index contributed by atoms with van der Waals surface area (Å²) >= 11 is 0. The van der Waals surface area contributed by atoms with Crippen LogP contribution in [-0.2, 0) is 19.2 Å². The molecular formula is C13H17NO6. The Kier molecular flexibility index (Phi) is 3.78. The lowest BCUT2D eigenvalue weighted by Gasteiger charge is -2.23. The lowest BCUT2D eigenvalue weighted by atomic mass is 10.00. The van der Waals surface area contributed by atoms with Gasteiger partial charge in [0.2, 0.25) is 11.8 Å². The van der Waals surface area contributed by atoms with Gasteiger partial charge in [-0.05, 0) is 25.2 Å². The highest BCUT2D eigenvalue weighted by Crippen LogP contribution is 2.43. The molecule has 0 aromatic rings. The van der Waals surface area contributed by atoms with E-state index in [0.717, 1.165) is 4.90 Å². The maximum Gasteiger partial charge on any atom is 0.326 e. The van der Waals surface area contributed by atoms with Gasteiger partial charge in [-0.15, -0.1) is 0 Å². The Morgan fingerprint density at radius 3 is 2.10 bits per heavy atom. The monoisotopic (exact) mass is 283 g/mol. The normalized spacial score (nSPS) is 30.4. The predicted molar refractivity (Wildman–Crippen MR) is 65.5 cm³/mol. The Morgan fingerprint density at radius 2 is 1.70 bits per heavy atom. The molecule has 2 aliphatic rings. The molecule has 1 aliphatic carbocycles. The molecule has 1 aliphatic heterocycles. The topological polar surface area (TPSA) is 112 Å². The number of rotatable bonds is 5. The van der Waals surface area contributed by atoms with Gasteiger partial charge in [0.05, 0.1) is 11.8 Å². The number of fused-ring (bicyclic) bond motifs is 1. The number of carbonyl (C=O) groups excluding carboxylic acids is 2. The molecule has 0 aromatic heterocycles. The summed E-state index contributed by atoms with van der Waals surface area (Å²) in [6, 6.07) is -1.37. The zero-order chi connectivity index (χ0) is 15.0. The Hall–Kier alpha value is -1.92. The number of imide groups is 1. The van der Waals surface area contributed by atoms with E-state index < -0.39 is 41.6 Å². The third kappa shape index (κ3) is 2.39. The van der Waals surface area contributed by atoms with Crippen LogP contribution < -0.4 is 0 Å². The van der Waals surface area contributed by atoms with Crippen LogP contribution >= 0.6 is 0 Å². The number of nitrogens with zero attached hydrogens (tertiary/aromatic N) is 1. The van der Waals surface area contributed by atoms with Crippen LogP contribution in [-0.4, -0.2) is 44.9 Å². The van der Waals surface area contributed by atoms with E-state index >= 15 is 0 Å². The first-order valence-electron chi connectivity index (χ1n) is 6.64. The summed E-state index contributed by atoms with van der Waals surface area (Å²) in [6.07, 6.45) is 0.547. The third-order valence-corrected chi connectivity index (χ3v) is 4.14. The van der Waals surface area contributed by atoms with Crippen molar-refractivity contribution >= 4 is 23.8 Å². The van der Waals surface area contributed by atoms with Crippen molar-refractivity contribution in [2.75, 3.05) is 0 Å². The molecule has 1 heterocycles. The fraction of sp³-hybridized carbons (Fsp3) is 0.692. The van der Waals surface area contributed by atoms with Gasteiger partial charge in [0.1, 0.15) is 6.04 Å². The molecule has 3 atom stereocenters. The fourth-order valence-electron chi connectivity index (χ4n) is 3.23. The molecule has 0 bridgehead atoms. The molecule has 3 unspecified atom stereocenters. The SMILES string of the molecule is CC1CC2C(=O)N(C(CCC(=O)O)C(=O)O)C(=O)C2C1. The molecule has 7 nitrogen and oxygen atoms in total. The summed E-state index contributed by atoms with van der Waals surface area (Å²) in [5.74, 6) is -3.97. The molecule has 1 saturated heterocycles. The van der Waals surface area contributed by atoms with Gasteiger partial charge in [-0.3, -0.25) is 19.3 Å². The number of amides is 2. The van der Waals surface area contributed by atoms with Crippen molar-refractivity contribution in [2.45, 2.75) is 38.6 Å². The molecule has 2 rings (SSSR count). The summed E-state index contributed by atoms with van der Waals surface area (Å²) in [4.78, 5) is 47.0. The minimum absolute atomic E-state index is 0.253. The van der Waals surface area contributed by atoms with Crippen molar-refractivity contribution in [1.82, 2.24) is 4.90 Å². The number of carbonyl (C=O) groups is 4. The van der Waals surface area contributed by atoms with Crippen LogP contribution in [0, 0.1) is 17.8 Å². The highest BCUT2D eigenvalue weighted by molar-refractivity contribution is 6.08. The number of carboxylic acids is 2. The number of hydrogen-bond acceptors (Lipinski definition) is 4. The van der Waals surface area contributed by atoms with Gasteiger partial charge in [-0.25, -0.2) is 4.79 Å². The van der Waals surface area contributed by atoms with Crippen LogP contribution in [0.2, 0.25) is 0 Å². The summed E-state index contributed by atoms with van der Waals surface area (Å²) < 4.78 is 0. The molecule has 0 spiro atoms. The lowest BCUT2D eigenvalue weighted by molar-refractivity contribution is -0.156. The first-order valence-corrected chi connectivity index (χ1v) is 6.64. The molecule has 20 heavy (non-hydrogen) atoms. The fourth-order valence-corrected chi connectivity index (χ4v) is 3.23. The minimum Gasteiger partial charge on any atom is -0.481 e. The lowest BCUT2D eigenvalue weighted by Crippen LogP contribution is -2.46. The number of likely N-dealkylation sites (tertiary alicyclic amines) is 1. The Labute approximate surface area is 115 Å². The van der Waals surface area contributed by atoms with E-state index in [1.807, 2.05) is 6.92 Å². The van der Waals surface area contributed by atoms with E-state index in [9.17, 15) is 19.2 Å². The first-order chi connectivity index (χ1) is 9.32. The van der Waals surface area contributed by atoms with Crippen molar-refractivity contribution < 1.29 is 29.4 Å². The molecule has 110 valence electrons. The van der Waals surface area contributed by atoms with Gasteiger partial charge in [-0.2, -0.15) is 0 Å². The van der Waals surface area contributed by atoms with Crippen LogP contribution in [0.25, 0.3) is 0 Å². The molecule has 7 heteroatoms. The van der Waals surface area contributed by atoms with Crippen molar-refractivity contribution in [3.8, 4) is 0 Å². The maximum absolute atomic E-state index is 12.2. The number of hydrogen-bond donors (Lipinski definition) is 2. The summed E-state index contributed by atoms with van der Waals surface area (Å²) in [5, 5.41) is 17.8. The van der Waals surface area contributed by atoms with Gasteiger partial charge in [0, 0.05) is 6.42 Å². The van der Waals surface area contributed by atoms with E-state index in [1.54, 1.807) is 0 Å². The van der Waals surface area contributed by atoms with Crippen molar-refractivity contribution in [2.24, 2.45) is 17.8 Å². The van der Waals surface area contributed by atoms with E-state index in [1.165, 1.54) is 0 Å². The molecule has 2 fully saturated rings. The highest BCUT2D eigenvalue weighted by Gasteiger charge is 2.54. The average molecular weight is 283 g/mol. The molecule has 2 N–H and O–H groups in total. The van der Waals surface area contributed by atoms with E-state index in [4.69, 9.17) is 10.2 Å². The zero-order valence-corrected chi connectivity index (χ0v) is 11.1. The maximum atomic E-state index is 12.2. The molecule has 0 radical (unpaired) electrons. The molecule has 2 amide bonds. The van der Waals surface area contributed by atoms with Crippen molar-refractivity contribution in [1.29, 1.82) is 0 Å². The van der Waals surface area contributed by atoms with Crippen LogP contribution in [0.1, 0.15) is 32.6 Å². The highest BCUT2D eigenvalue weighted by atomic mass is 16.4. The van der Waals surface area contributed by atoms with Crippen molar-refractivity contribution in [3.05, 3.63) is 0 Å². The Morgan fingerprint density at radius 1 is 1.20 bits per heavy atom. The second kappa shape index (κ2) is 5.22. The third-order valence-electron chi connectivity index (χ3n) is 4.14. The van der Waals surface area contributed by atoms with E-state index in [0.29, 0.717) is 12.8 Å². The van der Waals surface area contributed by atoms with Gasteiger partial charge in [0.15, 0.2) is 0 Å². The van der Waals surface area contributed by atoms with Crippen LogP contribution in [0.3, 0.4) is 0 Å². The molecular weight excluding hydrogens is 266 g/mol. The second-order valence-electron chi connectivity index (χ2n) is 5.62. The summed E-state index contributed by atoms with van der Waals surface area (Å²) in [7, 11) is 0. The Bertz CT molecular complexity index is 449. The second-order valence-corrected chi connectivity index (χ2v) is 5.62. The molecule has 0 aromatic carbocycles.